The van der Waals surface area contributed by atoms with E-state index in [0.717, 1.165) is 40.9 Å². The first kappa shape index (κ1) is 22.7. The highest BCUT2D eigenvalue weighted by atomic mass is 16.5. The Morgan fingerprint density at radius 3 is 2.61 bits per heavy atom. The molecule has 4 rings (SSSR count). The highest BCUT2D eigenvalue weighted by molar-refractivity contribution is 6.06. The molecule has 1 aliphatic rings. The molecular weight excluding hydrogens is 416 g/mol. The highest BCUT2D eigenvalue weighted by Crippen LogP contribution is 2.24. The van der Waals surface area contributed by atoms with E-state index in [1.807, 2.05) is 41.3 Å². The van der Waals surface area contributed by atoms with Crippen molar-refractivity contribution in [1.82, 2.24) is 14.9 Å². The Morgan fingerprint density at radius 2 is 1.88 bits per heavy atom. The molecule has 0 atom stereocenters. The average molecular weight is 447 g/mol. The van der Waals surface area contributed by atoms with Gasteiger partial charge in [0, 0.05) is 43.5 Å². The lowest BCUT2D eigenvalue weighted by Gasteiger charge is -2.23. The minimum absolute atomic E-state index is 0.0444. The molecule has 33 heavy (non-hydrogen) atoms. The summed E-state index contributed by atoms with van der Waals surface area (Å²) in [6.45, 7) is 9.06. The van der Waals surface area contributed by atoms with Crippen LogP contribution in [0.4, 0.5) is 5.82 Å². The predicted molar refractivity (Wildman–Crippen MR) is 129 cm³/mol. The number of hydrogen-bond acceptors (Lipinski definition) is 6. The minimum Gasteiger partial charge on any atom is -0.462 e. The van der Waals surface area contributed by atoms with Crippen LogP contribution in [-0.4, -0.2) is 59.5 Å². The quantitative estimate of drug-likeness (QED) is 0.545. The topological polar surface area (TPSA) is 75.6 Å². The van der Waals surface area contributed by atoms with E-state index in [1.165, 1.54) is 0 Å². The third-order valence-electron chi connectivity index (χ3n) is 5.92. The highest BCUT2D eigenvalue weighted by Gasteiger charge is 2.23. The molecule has 1 amide bonds. The van der Waals surface area contributed by atoms with E-state index in [4.69, 9.17) is 9.72 Å². The van der Waals surface area contributed by atoms with Gasteiger partial charge in [0.15, 0.2) is 0 Å². The maximum absolute atomic E-state index is 13.6. The fourth-order valence-corrected chi connectivity index (χ4v) is 4.10. The molecule has 3 heterocycles. The summed E-state index contributed by atoms with van der Waals surface area (Å²) >= 11 is 0. The van der Waals surface area contributed by atoms with Gasteiger partial charge in [-0.1, -0.05) is 32.0 Å². The monoisotopic (exact) mass is 446 g/mol. The van der Waals surface area contributed by atoms with Crippen molar-refractivity contribution in [2.24, 2.45) is 0 Å². The van der Waals surface area contributed by atoms with Gasteiger partial charge >= 0.3 is 5.97 Å². The molecule has 1 fully saturated rings. The number of anilines is 1. The number of esters is 1. The summed E-state index contributed by atoms with van der Waals surface area (Å²) < 4.78 is 5.03. The van der Waals surface area contributed by atoms with Crippen LogP contribution in [0.15, 0.2) is 48.7 Å². The number of nitrogens with zero attached hydrogens (tertiary/aromatic N) is 4. The Hall–Kier alpha value is -3.48. The zero-order valence-electron chi connectivity index (χ0n) is 19.5. The summed E-state index contributed by atoms with van der Waals surface area (Å²) in [4.78, 5) is 38.7. The maximum Gasteiger partial charge on any atom is 0.339 e. The van der Waals surface area contributed by atoms with Gasteiger partial charge in [-0.2, -0.15) is 0 Å². The second-order valence-electron chi connectivity index (χ2n) is 8.52. The van der Waals surface area contributed by atoms with E-state index in [2.05, 4.69) is 23.7 Å². The molecule has 1 saturated heterocycles. The molecule has 7 nitrogen and oxygen atoms in total. The van der Waals surface area contributed by atoms with Crippen molar-refractivity contribution in [3.8, 4) is 0 Å². The maximum atomic E-state index is 13.6. The van der Waals surface area contributed by atoms with Crippen LogP contribution in [0.2, 0.25) is 0 Å². The molecule has 172 valence electrons. The number of hydrogen-bond donors (Lipinski definition) is 0. The van der Waals surface area contributed by atoms with Gasteiger partial charge in [0.25, 0.3) is 5.91 Å². The van der Waals surface area contributed by atoms with Crippen LogP contribution in [0.25, 0.3) is 10.9 Å². The van der Waals surface area contributed by atoms with Crippen LogP contribution in [0.5, 0.6) is 0 Å². The van der Waals surface area contributed by atoms with Gasteiger partial charge in [-0.15, -0.1) is 0 Å². The number of amides is 1. The molecule has 0 saturated carbocycles. The normalized spacial score (nSPS) is 14.4. The number of carbonyl (C=O) groups excluding carboxylic acids is 2. The summed E-state index contributed by atoms with van der Waals surface area (Å²) in [6.07, 6.45) is 2.39. The standard InChI is InChI=1S/C26H30N4O3/c1-4-33-26(32)19-10-11-24(27-17-19)29-12-7-13-30(15-14-29)25(31)21-16-23(18(2)3)28-22-9-6-5-8-20(21)22/h5-6,8-11,16-18H,4,7,12-15H2,1-3H3. The molecule has 0 unspecified atom stereocenters. The summed E-state index contributed by atoms with van der Waals surface area (Å²) in [6, 6.07) is 13.4. The van der Waals surface area contributed by atoms with E-state index in [1.54, 1.807) is 19.2 Å². The van der Waals surface area contributed by atoms with E-state index >= 15 is 0 Å². The first-order valence-corrected chi connectivity index (χ1v) is 11.5. The van der Waals surface area contributed by atoms with Gasteiger partial charge in [0.05, 0.1) is 23.3 Å². The van der Waals surface area contributed by atoms with Gasteiger partial charge in [-0.3, -0.25) is 9.78 Å². The number of ether oxygens (including phenoxy) is 1. The molecule has 1 aromatic carbocycles. The van der Waals surface area contributed by atoms with Crippen molar-refractivity contribution in [3.63, 3.8) is 0 Å². The molecule has 2 aromatic heterocycles. The molecule has 0 aliphatic carbocycles. The predicted octanol–water partition coefficient (Wildman–Crippen LogP) is 4.28. The lowest BCUT2D eigenvalue weighted by Crippen LogP contribution is -2.35. The van der Waals surface area contributed by atoms with Crippen LogP contribution in [0.1, 0.15) is 59.5 Å². The van der Waals surface area contributed by atoms with E-state index < -0.39 is 0 Å². The van der Waals surface area contributed by atoms with E-state index in [9.17, 15) is 9.59 Å². The Labute approximate surface area is 194 Å². The van der Waals surface area contributed by atoms with Crippen molar-refractivity contribution in [2.45, 2.75) is 33.1 Å². The second kappa shape index (κ2) is 9.98. The van der Waals surface area contributed by atoms with Crippen LogP contribution in [0, 0.1) is 0 Å². The number of carbonyl (C=O) groups is 2. The number of aromatic nitrogens is 2. The van der Waals surface area contributed by atoms with Gasteiger partial charge in [-0.05, 0) is 43.5 Å². The largest absolute Gasteiger partial charge is 0.462 e. The Balaban J connectivity index is 1.51. The number of benzene rings is 1. The van der Waals surface area contributed by atoms with Crippen molar-refractivity contribution >= 4 is 28.6 Å². The molecule has 7 heteroatoms. The SMILES string of the molecule is CCOC(=O)c1ccc(N2CCCN(C(=O)c3cc(C(C)C)nc4ccccc34)CC2)nc1. The first-order valence-electron chi connectivity index (χ1n) is 11.5. The lowest BCUT2D eigenvalue weighted by molar-refractivity contribution is 0.0525. The van der Waals surface area contributed by atoms with Crippen molar-refractivity contribution < 1.29 is 14.3 Å². The molecular formula is C26H30N4O3. The van der Waals surface area contributed by atoms with Crippen LogP contribution in [0.3, 0.4) is 0 Å². The van der Waals surface area contributed by atoms with Gasteiger partial charge in [0.2, 0.25) is 0 Å². The Bertz CT molecular complexity index is 1140. The summed E-state index contributed by atoms with van der Waals surface area (Å²) in [5.41, 5.74) is 2.95. The van der Waals surface area contributed by atoms with Gasteiger partial charge < -0.3 is 14.5 Å². The smallest absolute Gasteiger partial charge is 0.339 e. The van der Waals surface area contributed by atoms with Gasteiger partial charge in [-0.25, -0.2) is 9.78 Å². The summed E-state index contributed by atoms with van der Waals surface area (Å²) in [5.74, 6) is 0.718. The molecule has 0 spiro atoms. The van der Waals surface area contributed by atoms with Gasteiger partial charge in [0.1, 0.15) is 5.82 Å². The molecule has 0 radical (unpaired) electrons. The number of para-hydroxylation sites is 1. The Kier molecular flexibility index (Phi) is 6.87. The van der Waals surface area contributed by atoms with Crippen LogP contribution >= 0.6 is 0 Å². The Morgan fingerprint density at radius 1 is 1.06 bits per heavy atom. The average Bonchev–Trinajstić information content (AvgIpc) is 3.09. The summed E-state index contributed by atoms with van der Waals surface area (Å²) in [5, 5.41) is 0.893. The molecule has 1 aliphatic heterocycles. The third kappa shape index (κ3) is 4.97. The van der Waals surface area contributed by atoms with Crippen molar-refractivity contribution in [2.75, 3.05) is 37.7 Å². The zero-order chi connectivity index (χ0) is 23.4. The van der Waals surface area contributed by atoms with Crippen molar-refractivity contribution in [1.29, 1.82) is 0 Å². The number of rotatable bonds is 5. The number of pyridine rings is 2. The zero-order valence-corrected chi connectivity index (χ0v) is 19.5. The fourth-order valence-electron chi connectivity index (χ4n) is 4.10. The second-order valence-corrected chi connectivity index (χ2v) is 8.52. The van der Waals surface area contributed by atoms with Crippen molar-refractivity contribution in [3.05, 3.63) is 65.5 Å². The van der Waals surface area contributed by atoms with Crippen LogP contribution in [-0.2, 0) is 4.74 Å². The molecule has 0 N–H and O–H groups in total. The molecule has 3 aromatic rings. The lowest BCUT2D eigenvalue weighted by atomic mass is 10.0. The van der Waals surface area contributed by atoms with Crippen LogP contribution < -0.4 is 4.90 Å². The third-order valence-corrected chi connectivity index (χ3v) is 5.92. The molecule has 0 bridgehead atoms. The number of fused-ring (bicyclic) bond motifs is 1. The fraction of sp³-hybridized carbons (Fsp3) is 0.385. The summed E-state index contributed by atoms with van der Waals surface area (Å²) in [7, 11) is 0. The van der Waals surface area contributed by atoms with E-state index in [0.29, 0.717) is 31.8 Å². The first-order chi connectivity index (χ1) is 16.0. The van der Waals surface area contributed by atoms with E-state index in [-0.39, 0.29) is 17.8 Å². The minimum atomic E-state index is -0.366.